The highest BCUT2D eigenvalue weighted by Crippen LogP contribution is 2.40. The summed E-state index contributed by atoms with van der Waals surface area (Å²) in [7, 11) is 0. The molecule has 6 heteroatoms. The summed E-state index contributed by atoms with van der Waals surface area (Å²) in [5.74, 6) is -0.167. The van der Waals surface area contributed by atoms with Crippen molar-refractivity contribution in [1.29, 1.82) is 0 Å². The van der Waals surface area contributed by atoms with E-state index >= 15 is 0 Å². The molecule has 1 aliphatic carbocycles. The zero-order valence-corrected chi connectivity index (χ0v) is 13.3. The summed E-state index contributed by atoms with van der Waals surface area (Å²) in [5.41, 5.74) is 7.79. The van der Waals surface area contributed by atoms with E-state index in [1.54, 1.807) is 4.90 Å². The van der Waals surface area contributed by atoms with Gasteiger partial charge >= 0.3 is 0 Å². The van der Waals surface area contributed by atoms with Gasteiger partial charge in [-0.05, 0) is 25.0 Å². The molecule has 2 heterocycles. The van der Waals surface area contributed by atoms with Crippen molar-refractivity contribution in [2.75, 3.05) is 19.7 Å². The maximum Gasteiger partial charge on any atom is 0.254 e. The quantitative estimate of drug-likeness (QED) is 0.925. The zero-order chi connectivity index (χ0) is 16.7. The van der Waals surface area contributed by atoms with Crippen LogP contribution in [0.25, 0.3) is 10.9 Å². The second kappa shape index (κ2) is 5.87. The molecule has 1 aromatic carbocycles. The molecule has 2 aromatic rings. The maximum absolute atomic E-state index is 13.1. The molecular weight excluding hydrogens is 306 g/mol. The fourth-order valence-electron chi connectivity index (χ4n) is 3.14. The first-order valence-corrected chi connectivity index (χ1v) is 8.23. The second-order valence-corrected chi connectivity index (χ2v) is 6.40. The third-order valence-corrected chi connectivity index (χ3v) is 4.63. The van der Waals surface area contributed by atoms with E-state index in [-0.39, 0.29) is 12.5 Å². The molecule has 2 amide bonds. The van der Waals surface area contributed by atoms with Gasteiger partial charge < -0.3 is 15.4 Å². The Labute approximate surface area is 139 Å². The molecular formula is C18H19N3O3. The molecule has 1 saturated heterocycles. The van der Waals surface area contributed by atoms with Gasteiger partial charge in [0.1, 0.15) is 0 Å². The summed E-state index contributed by atoms with van der Waals surface area (Å²) in [4.78, 5) is 30.8. The average molecular weight is 325 g/mol. The molecule has 0 radical (unpaired) electrons. The summed E-state index contributed by atoms with van der Waals surface area (Å²) >= 11 is 0. The van der Waals surface area contributed by atoms with Gasteiger partial charge in [0.25, 0.3) is 5.91 Å². The number of rotatable bonds is 3. The van der Waals surface area contributed by atoms with Crippen molar-refractivity contribution in [1.82, 2.24) is 9.88 Å². The van der Waals surface area contributed by atoms with Gasteiger partial charge in [-0.1, -0.05) is 18.2 Å². The maximum atomic E-state index is 13.1. The summed E-state index contributed by atoms with van der Waals surface area (Å²) in [5, 5.41) is 0.842. The molecule has 2 fully saturated rings. The number of hydrogen-bond donors (Lipinski definition) is 1. The molecule has 2 aliphatic rings. The number of hydrogen-bond acceptors (Lipinski definition) is 4. The van der Waals surface area contributed by atoms with Crippen LogP contribution in [0, 0.1) is 0 Å². The molecule has 1 saturated carbocycles. The van der Waals surface area contributed by atoms with Crippen molar-refractivity contribution in [3.05, 3.63) is 41.6 Å². The normalized spacial score (nSPS) is 21.0. The summed E-state index contributed by atoms with van der Waals surface area (Å²) in [6, 6.07) is 9.60. The predicted molar refractivity (Wildman–Crippen MR) is 88.6 cm³/mol. The average Bonchev–Trinajstić information content (AvgIpc) is 3.45. The van der Waals surface area contributed by atoms with E-state index in [1.807, 2.05) is 30.3 Å². The highest BCUT2D eigenvalue weighted by atomic mass is 16.5. The number of carbonyl (C=O) groups excluding carboxylic acids is 2. The Bertz CT molecular complexity index is 816. The molecule has 24 heavy (non-hydrogen) atoms. The minimum atomic E-state index is -0.737. The minimum absolute atomic E-state index is 0.0925. The molecule has 0 bridgehead atoms. The number of carbonyl (C=O) groups is 2. The van der Waals surface area contributed by atoms with Crippen LogP contribution in [0.1, 0.15) is 34.8 Å². The third kappa shape index (κ3) is 2.73. The van der Waals surface area contributed by atoms with E-state index < -0.39 is 12.0 Å². The molecule has 2 N–H and O–H groups in total. The van der Waals surface area contributed by atoms with Gasteiger partial charge in [-0.25, -0.2) is 0 Å². The fourth-order valence-corrected chi connectivity index (χ4v) is 3.14. The van der Waals surface area contributed by atoms with Crippen molar-refractivity contribution in [2.45, 2.75) is 24.9 Å². The van der Waals surface area contributed by atoms with E-state index in [9.17, 15) is 9.59 Å². The Morgan fingerprint density at radius 1 is 1.25 bits per heavy atom. The van der Waals surface area contributed by atoms with E-state index in [2.05, 4.69) is 0 Å². The number of benzene rings is 1. The van der Waals surface area contributed by atoms with Crippen LogP contribution in [0.4, 0.5) is 0 Å². The molecule has 0 spiro atoms. The number of para-hydroxylation sites is 1. The topological polar surface area (TPSA) is 85.5 Å². The molecule has 4 rings (SSSR count). The number of nitrogens with two attached hydrogens (primary N) is 1. The molecule has 0 unspecified atom stereocenters. The van der Waals surface area contributed by atoms with Gasteiger partial charge in [-0.2, -0.15) is 0 Å². The molecule has 1 aliphatic heterocycles. The van der Waals surface area contributed by atoms with Crippen molar-refractivity contribution in [3.63, 3.8) is 0 Å². The van der Waals surface area contributed by atoms with Gasteiger partial charge in [-0.3, -0.25) is 14.6 Å². The van der Waals surface area contributed by atoms with Crippen LogP contribution < -0.4 is 5.73 Å². The van der Waals surface area contributed by atoms with Gasteiger partial charge in [0, 0.05) is 23.5 Å². The SMILES string of the molecule is NC(=O)[C@H]1CN(C(=O)c2cc(C3CC3)nc3ccccc23)CCO1. The highest BCUT2D eigenvalue weighted by molar-refractivity contribution is 6.06. The monoisotopic (exact) mass is 325 g/mol. The summed E-state index contributed by atoms with van der Waals surface area (Å²) in [6.07, 6.45) is 1.51. The van der Waals surface area contributed by atoms with Crippen LogP contribution in [0.2, 0.25) is 0 Å². The first-order chi connectivity index (χ1) is 11.6. The second-order valence-electron chi connectivity index (χ2n) is 6.40. The predicted octanol–water partition coefficient (Wildman–Crippen LogP) is 1.44. The summed E-state index contributed by atoms with van der Waals surface area (Å²) < 4.78 is 5.33. The minimum Gasteiger partial charge on any atom is -0.367 e. The standard InChI is InChI=1S/C18H19N3O3/c19-17(22)16-10-21(7-8-24-16)18(23)13-9-15(11-5-6-11)20-14-4-2-1-3-12(13)14/h1-4,9,11,16H,5-8,10H2,(H2,19,22)/t16-/m1/s1. The van der Waals surface area contributed by atoms with Gasteiger partial charge in [0.15, 0.2) is 6.10 Å². The number of ether oxygens (including phenoxy) is 1. The number of aromatic nitrogens is 1. The number of primary amides is 1. The van der Waals surface area contributed by atoms with Crippen LogP contribution in [0.5, 0.6) is 0 Å². The van der Waals surface area contributed by atoms with E-state index in [0.29, 0.717) is 24.6 Å². The number of amides is 2. The van der Waals surface area contributed by atoms with Crippen LogP contribution in [0.3, 0.4) is 0 Å². The van der Waals surface area contributed by atoms with Crippen LogP contribution in [-0.2, 0) is 9.53 Å². The van der Waals surface area contributed by atoms with E-state index in [1.165, 1.54) is 0 Å². The van der Waals surface area contributed by atoms with Crippen LogP contribution in [-0.4, -0.2) is 47.5 Å². The van der Waals surface area contributed by atoms with E-state index in [0.717, 1.165) is 29.4 Å². The lowest BCUT2D eigenvalue weighted by Crippen LogP contribution is -2.50. The number of nitrogens with zero attached hydrogens (tertiary/aromatic N) is 2. The largest absolute Gasteiger partial charge is 0.367 e. The number of fused-ring (bicyclic) bond motifs is 1. The highest BCUT2D eigenvalue weighted by Gasteiger charge is 2.31. The Morgan fingerprint density at radius 2 is 2.04 bits per heavy atom. The van der Waals surface area contributed by atoms with E-state index in [4.69, 9.17) is 15.5 Å². The first kappa shape index (κ1) is 15.1. The van der Waals surface area contributed by atoms with Crippen LogP contribution in [0.15, 0.2) is 30.3 Å². The Morgan fingerprint density at radius 3 is 2.79 bits per heavy atom. The molecule has 124 valence electrons. The zero-order valence-electron chi connectivity index (χ0n) is 13.3. The lowest BCUT2D eigenvalue weighted by atomic mass is 10.0. The molecule has 6 nitrogen and oxygen atoms in total. The van der Waals surface area contributed by atoms with Crippen LogP contribution >= 0.6 is 0 Å². The van der Waals surface area contributed by atoms with Crippen molar-refractivity contribution in [3.8, 4) is 0 Å². The smallest absolute Gasteiger partial charge is 0.254 e. The first-order valence-electron chi connectivity index (χ1n) is 8.23. The fraction of sp³-hybridized carbons (Fsp3) is 0.389. The van der Waals surface area contributed by atoms with Crippen molar-refractivity contribution in [2.24, 2.45) is 5.73 Å². The van der Waals surface area contributed by atoms with Crippen molar-refractivity contribution >= 4 is 22.7 Å². The number of morpholine rings is 1. The summed E-state index contributed by atoms with van der Waals surface area (Å²) in [6.45, 7) is 0.972. The van der Waals surface area contributed by atoms with Gasteiger partial charge in [-0.15, -0.1) is 0 Å². The lowest BCUT2D eigenvalue weighted by molar-refractivity contribution is -0.133. The Kier molecular flexibility index (Phi) is 3.69. The Balaban J connectivity index is 1.72. The molecule has 1 aromatic heterocycles. The van der Waals surface area contributed by atoms with Crippen molar-refractivity contribution < 1.29 is 14.3 Å². The van der Waals surface area contributed by atoms with Gasteiger partial charge in [0.05, 0.1) is 24.2 Å². The van der Waals surface area contributed by atoms with Gasteiger partial charge in [0.2, 0.25) is 5.91 Å². The number of pyridine rings is 1. The third-order valence-electron chi connectivity index (χ3n) is 4.63. The molecule has 1 atom stereocenters. The lowest BCUT2D eigenvalue weighted by Gasteiger charge is -2.31. The Hall–Kier alpha value is -2.47.